The molecule has 130 valence electrons. The van der Waals surface area contributed by atoms with Crippen molar-refractivity contribution in [2.45, 2.75) is 12.6 Å². The van der Waals surface area contributed by atoms with Gasteiger partial charge in [0.2, 0.25) is 5.89 Å². The number of thiophene rings is 1. The number of hydrogen-bond acceptors (Lipinski definition) is 4. The summed E-state index contributed by atoms with van der Waals surface area (Å²) in [5.41, 5.74) is 2.19. The molecule has 2 aromatic heterocycles. The minimum atomic E-state index is 0.113. The number of rotatable bonds is 6. The minimum Gasteiger partial charge on any atom is -0.439 e. The van der Waals surface area contributed by atoms with Crippen molar-refractivity contribution in [2.24, 2.45) is 0 Å². The molecular formula is C21H17ClN2OS. The molecule has 0 radical (unpaired) electrons. The van der Waals surface area contributed by atoms with Gasteiger partial charge in [0.05, 0.1) is 18.8 Å². The Kier molecular flexibility index (Phi) is 5.16. The molecule has 0 aliphatic rings. The first-order valence-corrected chi connectivity index (χ1v) is 9.58. The van der Waals surface area contributed by atoms with Gasteiger partial charge in [-0.3, -0.25) is 5.32 Å². The van der Waals surface area contributed by atoms with Crippen LogP contribution in [0.25, 0.3) is 11.3 Å². The highest BCUT2D eigenvalue weighted by Gasteiger charge is 2.16. The summed E-state index contributed by atoms with van der Waals surface area (Å²) >= 11 is 7.68. The van der Waals surface area contributed by atoms with Crippen LogP contribution in [-0.4, -0.2) is 4.98 Å². The molecule has 2 aromatic carbocycles. The van der Waals surface area contributed by atoms with Crippen molar-refractivity contribution in [2.75, 3.05) is 0 Å². The summed E-state index contributed by atoms with van der Waals surface area (Å²) in [6, 6.07) is 22.3. The van der Waals surface area contributed by atoms with Crippen molar-refractivity contribution >= 4 is 22.9 Å². The first kappa shape index (κ1) is 17.0. The molecule has 0 fully saturated rings. The second-order valence-corrected chi connectivity index (χ2v) is 7.28. The third-order valence-electron chi connectivity index (χ3n) is 4.10. The fourth-order valence-electron chi connectivity index (χ4n) is 2.81. The molecule has 4 aromatic rings. The van der Waals surface area contributed by atoms with Crippen LogP contribution in [-0.2, 0) is 6.54 Å². The summed E-state index contributed by atoms with van der Waals surface area (Å²) in [5, 5.41) is 6.36. The second-order valence-electron chi connectivity index (χ2n) is 5.87. The van der Waals surface area contributed by atoms with Gasteiger partial charge in [0.1, 0.15) is 0 Å². The van der Waals surface area contributed by atoms with Crippen molar-refractivity contribution in [3.05, 3.63) is 99.7 Å². The zero-order valence-corrected chi connectivity index (χ0v) is 15.5. The van der Waals surface area contributed by atoms with Crippen molar-refractivity contribution in [3.63, 3.8) is 0 Å². The van der Waals surface area contributed by atoms with Gasteiger partial charge in [-0.25, -0.2) is 4.98 Å². The molecule has 1 atom stereocenters. The van der Waals surface area contributed by atoms with Crippen molar-refractivity contribution in [3.8, 4) is 11.3 Å². The average molecular weight is 381 g/mol. The molecule has 4 rings (SSSR count). The zero-order chi connectivity index (χ0) is 17.8. The molecule has 0 aliphatic carbocycles. The van der Waals surface area contributed by atoms with E-state index in [4.69, 9.17) is 16.0 Å². The molecule has 0 bridgehead atoms. The van der Waals surface area contributed by atoms with Gasteiger partial charge in [-0.2, -0.15) is 0 Å². The third kappa shape index (κ3) is 3.88. The molecular weight excluding hydrogens is 364 g/mol. The second kappa shape index (κ2) is 7.87. The topological polar surface area (TPSA) is 38.1 Å². The summed E-state index contributed by atoms with van der Waals surface area (Å²) in [7, 11) is 0. The maximum Gasteiger partial charge on any atom is 0.208 e. The molecule has 1 N–H and O–H groups in total. The van der Waals surface area contributed by atoms with Gasteiger partial charge >= 0.3 is 0 Å². The zero-order valence-electron chi connectivity index (χ0n) is 13.9. The lowest BCUT2D eigenvalue weighted by Crippen LogP contribution is -2.21. The number of benzene rings is 2. The molecule has 0 saturated heterocycles. The van der Waals surface area contributed by atoms with E-state index in [2.05, 4.69) is 52.1 Å². The van der Waals surface area contributed by atoms with Gasteiger partial charge < -0.3 is 4.42 Å². The number of halogens is 1. The van der Waals surface area contributed by atoms with Gasteiger partial charge in [-0.15, -0.1) is 11.3 Å². The Morgan fingerprint density at radius 2 is 1.81 bits per heavy atom. The Hall–Kier alpha value is -2.40. The smallest absolute Gasteiger partial charge is 0.208 e. The Bertz CT molecular complexity index is 949. The van der Waals surface area contributed by atoms with Crippen molar-refractivity contribution in [1.82, 2.24) is 10.3 Å². The third-order valence-corrected chi connectivity index (χ3v) is 5.29. The monoisotopic (exact) mass is 380 g/mol. The predicted octanol–water partition coefficient (Wildman–Crippen LogP) is 5.94. The van der Waals surface area contributed by atoms with E-state index in [0.29, 0.717) is 17.5 Å². The Morgan fingerprint density at radius 3 is 2.54 bits per heavy atom. The maximum absolute atomic E-state index is 5.94. The van der Waals surface area contributed by atoms with Gasteiger partial charge in [0.25, 0.3) is 0 Å². The van der Waals surface area contributed by atoms with Gasteiger partial charge in [0, 0.05) is 15.5 Å². The van der Waals surface area contributed by atoms with Crippen LogP contribution >= 0.6 is 22.9 Å². The molecule has 5 heteroatoms. The molecule has 0 spiro atoms. The van der Waals surface area contributed by atoms with E-state index in [1.807, 2.05) is 30.3 Å². The van der Waals surface area contributed by atoms with Crippen molar-refractivity contribution in [1.29, 1.82) is 0 Å². The first-order chi connectivity index (χ1) is 12.8. The van der Waals surface area contributed by atoms with E-state index >= 15 is 0 Å². The summed E-state index contributed by atoms with van der Waals surface area (Å²) < 4.78 is 5.90. The first-order valence-electron chi connectivity index (χ1n) is 8.32. The van der Waals surface area contributed by atoms with Crippen LogP contribution in [0.5, 0.6) is 0 Å². The van der Waals surface area contributed by atoms with E-state index in [-0.39, 0.29) is 6.04 Å². The number of hydrogen-bond donors (Lipinski definition) is 1. The summed E-state index contributed by atoms with van der Waals surface area (Å²) in [5.74, 6) is 1.40. The largest absolute Gasteiger partial charge is 0.439 e. The average Bonchev–Trinajstić information content (AvgIpc) is 3.36. The fraction of sp³-hybridized carbons (Fsp3) is 0.0952. The molecule has 0 amide bonds. The highest BCUT2D eigenvalue weighted by Crippen LogP contribution is 2.27. The van der Waals surface area contributed by atoms with Crippen LogP contribution < -0.4 is 5.32 Å². The predicted molar refractivity (Wildman–Crippen MR) is 106 cm³/mol. The highest BCUT2D eigenvalue weighted by molar-refractivity contribution is 7.10. The number of aromatic nitrogens is 1. The summed E-state index contributed by atoms with van der Waals surface area (Å²) in [6.07, 6.45) is 1.75. The van der Waals surface area contributed by atoms with Crippen LogP contribution in [0.15, 0.2) is 82.7 Å². The van der Waals surface area contributed by atoms with Crippen LogP contribution in [0.4, 0.5) is 0 Å². The van der Waals surface area contributed by atoms with E-state index in [0.717, 1.165) is 11.3 Å². The van der Waals surface area contributed by atoms with E-state index in [1.54, 1.807) is 17.5 Å². The van der Waals surface area contributed by atoms with Gasteiger partial charge in [-0.1, -0.05) is 48.0 Å². The van der Waals surface area contributed by atoms with Crippen LogP contribution in [0, 0.1) is 0 Å². The summed E-state index contributed by atoms with van der Waals surface area (Å²) in [6.45, 7) is 0.547. The SMILES string of the molecule is Clc1ccc(-c2cnc(CN[C@H](c3ccccc3)c3cccs3)o2)cc1. The molecule has 3 nitrogen and oxygen atoms in total. The summed E-state index contributed by atoms with van der Waals surface area (Å²) in [4.78, 5) is 5.67. The Balaban J connectivity index is 1.51. The van der Waals surface area contributed by atoms with E-state index in [1.165, 1.54) is 10.4 Å². The number of oxazole rings is 1. The van der Waals surface area contributed by atoms with Crippen LogP contribution in [0.2, 0.25) is 5.02 Å². The van der Waals surface area contributed by atoms with Crippen LogP contribution in [0.1, 0.15) is 22.4 Å². The van der Waals surface area contributed by atoms with Gasteiger partial charge in [0.15, 0.2) is 5.76 Å². The molecule has 26 heavy (non-hydrogen) atoms. The van der Waals surface area contributed by atoms with Crippen molar-refractivity contribution < 1.29 is 4.42 Å². The molecule has 2 heterocycles. The Morgan fingerprint density at radius 1 is 1.00 bits per heavy atom. The van der Waals surface area contributed by atoms with E-state index < -0.39 is 0 Å². The molecule has 0 unspecified atom stereocenters. The maximum atomic E-state index is 5.94. The van der Waals surface area contributed by atoms with Gasteiger partial charge in [-0.05, 0) is 41.3 Å². The lowest BCUT2D eigenvalue weighted by molar-refractivity contribution is 0.464. The number of nitrogens with one attached hydrogen (secondary N) is 1. The lowest BCUT2D eigenvalue weighted by Gasteiger charge is -2.17. The normalized spacial score (nSPS) is 12.2. The molecule has 0 aliphatic heterocycles. The lowest BCUT2D eigenvalue weighted by atomic mass is 10.1. The fourth-order valence-corrected chi connectivity index (χ4v) is 3.77. The number of nitrogens with zero attached hydrogens (tertiary/aromatic N) is 1. The quantitative estimate of drug-likeness (QED) is 0.450. The van der Waals surface area contributed by atoms with E-state index in [9.17, 15) is 0 Å². The standard InChI is InChI=1S/C21H17ClN2OS/c22-17-10-8-15(9-11-17)18-13-23-20(25-18)14-24-21(19-7-4-12-26-19)16-5-2-1-3-6-16/h1-13,21,24H,14H2/t21-/m1/s1. The van der Waals surface area contributed by atoms with Crippen LogP contribution in [0.3, 0.4) is 0 Å². The highest BCUT2D eigenvalue weighted by atomic mass is 35.5. The molecule has 0 saturated carbocycles. The Labute approximate surface area is 161 Å². The minimum absolute atomic E-state index is 0.113.